The predicted octanol–water partition coefficient (Wildman–Crippen LogP) is 3.95. The number of rotatable bonds is 4. The van der Waals surface area contributed by atoms with Crippen molar-refractivity contribution in [1.29, 1.82) is 0 Å². The van der Waals surface area contributed by atoms with Gasteiger partial charge in [-0.25, -0.2) is 15.0 Å². The predicted molar refractivity (Wildman–Crippen MR) is 86.4 cm³/mol. The molecule has 21 heavy (non-hydrogen) atoms. The summed E-state index contributed by atoms with van der Waals surface area (Å²) in [6.45, 7) is 4.85. The number of fused-ring (bicyclic) bond motifs is 1. The first-order chi connectivity index (χ1) is 10.1. The first-order valence-electron chi connectivity index (χ1n) is 6.69. The summed E-state index contributed by atoms with van der Waals surface area (Å²) in [5.74, 6) is 0.838. The molecular weight excluding hydrogens is 354 g/mol. The maximum absolute atomic E-state index is 6.30. The zero-order valence-corrected chi connectivity index (χ0v) is 14.1. The van der Waals surface area contributed by atoms with Gasteiger partial charge in [-0.3, -0.25) is 0 Å². The summed E-state index contributed by atoms with van der Waals surface area (Å²) in [5, 5.41) is -0.178. The molecule has 0 aliphatic rings. The summed E-state index contributed by atoms with van der Waals surface area (Å²) in [7, 11) is 0. The fraction of sp³-hybridized carbons (Fsp3) is 0.357. The molecule has 2 atom stereocenters. The van der Waals surface area contributed by atoms with Crippen molar-refractivity contribution in [2.45, 2.75) is 31.8 Å². The zero-order chi connectivity index (χ0) is 15.0. The Bertz CT molecular complexity index is 750. The van der Waals surface area contributed by atoms with Crippen LogP contribution in [0.1, 0.15) is 31.1 Å². The maximum atomic E-state index is 6.30. The van der Waals surface area contributed by atoms with Crippen molar-refractivity contribution in [3.8, 4) is 0 Å². The molecule has 0 N–H and O–H groups in total. The second-order valence-electron chi connectivity index (χ2n) is 5.06. The topological polar surface area (TPSA) is 48.5 Å². The molecule has 0 aliphatic heterocycles. The van der Waals surface area contributed by atoms with E-state index in [0.29, 0.717) is 0 Å². The van der Waals surface area contributed by atoms with Gasteiger partial charge in [-0.1, -0.05) is 0 Å². The number of imidazole rings is 2. The lowest BCUT2D eigenvalue weighted by Gasteiger charge is -2.18. The molecule has 0 amide bonds. The molecule has 3 aromatic rings. The molecule has 3 heterocycles. The van der Waals surface area contributed by atoms with Crippen molar-refractivity contribution < 1.29 is 0 Å². The number of nitrogens with zero attached hydrogens (tertiary/aromatic N) is 5. The molecule has 0 spiro atoms. The van der Waals surface area contributed by atoms with E-state index in [4.69, 9.17) is 11.6 Å². The molecule has 0 bridgehead atoms. The average molecular weight is 369 g/mol. The summed E-state index contributed by atoms with van der Waals surface area (Å²) in [5.41, 5.74) is 1.71. The van der Waals surface area contributed by atoms with Gasteiger partial charge in [0.05, 0.1) is 17.7 Å². The van der Waals surface area contributed by atoms with E-state index in [1.165, 1.54) is 0 Å². The van der Waals surface area contributed by atoms with Crippen LogP contribution in [0.2, 0.25) is 0 Å². The van der Waals surface area contributed by atoms with Gasteiger partial charge in [-0.15, -0.1) is 11.6 Å². The number of pyridine rings is 1. The third-order valence-corrected chi connectivity index (χ3v) is 3.98. The molecule has 2 unspecified atom stereocenters. The molecule has 110 valence electrons. The molecule has 7 heteroatoms. The van der Waals surface area contributed by atoms with Crippen molar-refractivity contribution >= 4 is 38.7 Å². The van der Waals surface area contributed by atoms with Crippen molar-refractivity contribution in [2.24, 2.45) is 0 Å². The van der Waals surface area contributed by atoms with E-state index < -0.39 is 0 Å². The van der Waals surface area contributed by atoms with Gasteiger partial charge in [0.1, 0.15) is 11.3 Å². The number of hydrogen-bond acceptors (Lipinski definition) is 3. The molecule has 0 aromatic carbocycles. The summed E-state index contributed by atoms with van der Waals surface area (Å²) < 4.78 is 5.06. The largest absolute Gasteiger partial charge is 0.335 e. The van der Waals surface area contributed by atoms with Gasteiger partial charge in [0.25, 0.3) is 0 Å². The van der Waals surface area contributed by atoms with Gasteiger partial charge < -0.3 is 9.13 Å². The van der Waals surface area contributed by atoms with Crippen LogP contribution in [0.3, 0.4) is 0 Å². The number of alkyl halides is 1. The van der Waals surface area contributed by atoms with Crippen LogP contribution in [0.4, 0.5) is 0 Å². The lowest BCUT2D eigenvalue weighted by atomic mass is 10.3. The van der Waals surface area contributed by atoms with Crippen LogP contribution in [-0.4, -0.2) is 24.1 Å². The van der Waals surface area contributed by atoms with Crippen LogP contribution < -0.4 is 0 Å². The van der Waals surface area contributed by atoms with Gasteiger partial charge in [0.15, 0.2) is 5.65 Å². The Morgan fingerprint density at radius 1 is 1.38 bits per heavy atom. The van der Waals surface area contributed by atoms with E-state index in [1.54, 1.807) is 12.4 Å². The van der Waals surface area contributed by atoms with E-state index in [0.717, 1.165) is 28.0 Å². The van der Waals surface area contributed by atoms with E-state index in [-0.39, 0.29) is 11.4 Å². The zero-order valence-electron chi connectivity index (χ0n) is 11.7. The SMILES string of the molecule is CC(Cl)c1nc2cc(Br)cnc2n1C(C)Cn1ccnc1. The van der Waals surface area contributed by atoms with Crippen molar-refractivity contribution in [3.63, 3.8) is 0 Å². The van der Waals surface area contributed by atoms with E-state index in [9.17, 15) is 0 Å². The fourth-order valence-electron chi connectivity index (χ4n) is 2.47. The van der Waals surface area contributed by atoms with Crippen LogP contribution >= 0.6 is 27.5 Å². The molecule has 0 fully saturated rings. The van der Waals surface area contributed by atoms with Crippen LogP contribution in [-0.2, 0) is 6.54 Å². The fourth-order valence-corrected chi connectivity index (χ4v) is 2.94. The molecule has 0 radical (unpaired) electrons. The summed E-state index contributed by atoms with van der Waals surface area (Å²) in [6.07, 6.45) is 7.32. The van der Waals surface area contributed by atoms with E-state index in [2.05, 4.69) is 42.4 Å². The molecule has 0 aliphatic carbocycles. The van der Waals surface area contributed by atoms with Gasteiger partial charge in [-0.05, 0) is 35.8 Å². The highest BCUT2D eigenvalue weighted by Crippen LogP contribution is 2.28. The van der Waals surface area contributed by atoms with Crippen molar-refractivity contribution in [2.75, 3.05) is 0 Å². The number of aromatic nitrogens is 5. The summed E-state index contributed by atoms with van der Waals surface area (Å²) in [4.78, 5) is 13.2. The lowest BCUT2D eigenvalue weighted by Crippen LogP contribution is -2.15. The van der Waals surface area contributed by atoms with Crippen molar-refractivity contribution in [1.82, 2.24) is 24.1 Å². The van der Waals surface area contributed by atoms with Crippen LogP contribution in [0.25, 0.3) is 11.2 Å². The highest BCUT2D eigenvalue weighted by molar-refractivity contribution is 9.10. The highest BCUT2D eigenvalue weighted by atomic mass is 79.9. The third-order valence-electron chi connectivity index (χ3n) is 3.35. The van der Waals surface area contributed by atoms with Gasteiger partial charge in [0, 0.05) is 29.6 Å². The second kappa shape index (κ2) is 5.77. The highest BCUT2D eigenvalue weighted by Gasteiger charge is 2.20. The monoisotopic (exact) mass is 367 g/mol. The normalized spacial score (nSPS) is 14.5. The molecule has 0 saturated carbocycles. The Hall–Kier alpha value is -1.40. The Morgan fingerprint density at radius 3 is 2.86 bits per heavy atom. The van der Waals surface area contributed by atoms with Crippen LogP contribution in [0, 0.1) is 0 Å². The first kappa shape index (κ1) is 14.5. The summed E-state index contributed by atoms with van der Waals surface area (Å²) in [6, 6.07) is 2.14. The second-order valence-corrected chi connectivity index (χ2v) is 6.63. The van der Waals surface area contributed by atoms with Gasteiger partial charge >= 0.3 is 0 Å². The van der Waals surface area contributed by atoms with E-state index in [1.807, 2.05) is 30.1 Å². The molecule has 3 aromatic heterocycles. The number of halogens is 2. The standard InChI is InChI=1S/C14H15BrClN5/c1-9(7-20-4-3-17-8-20)21-13(10(2)16)19-12-5-11(15)6-18-14(12)21/h3-6,8-10H,7H2,1-2H3. The first-order valence-corrected chi connectivity index (χ1v) is 7.92. The summed E-state index contributed by atoms with van der Waals surface area (Å²) >= 11 is 9.74. The minimum Gasteiger partial charge on any atom is -0.335 e. The Kier molecular flexibility index (Phi) is 3.99. The lowest BCUT2D eigenvalue weighted by molar-refractivity contribution is 0.458. The van der Waals surface area contributed by atoms with Gasteiger partial charge in [-0.2, -0.15) is 0 Å². The molecule has 0 saturated heterocycles. The molecule has 3 rings (SSSR count). The van der Waals surface area contributed by atoms with E-state index >= 15 is 0 Å². The smallest absolute Gasteiger partial charge is 0.160 e. The average Bonchev–Trinajstić information content (AvgIpc) is 3.04. The third kappa shape index (κ3) is 2.82. The molecule has 5 nitrogen and oxygen atoms in total. The molecular formula is C14H15BrClN5. The van der Waals surface area contributed by atoms with Crippen LogP contribution in [0.15, 0.2) is 35.5 Å². The van der Waals surface area contributed by atoms with Crippen LogP contribution in [0.5, 0.6) is 0 Å². The Balaban J connectivity index is 2.08. The maximum Gasteiger partial charge on any atom is 0.160 e. The van der Waals surface area contributed by atoms with Gasteiger partial charge in [0.2, 0.25) is 0 Å². The Labute approximate surface area is 136 Å². The Morgan fingerprint density at radius 2 is 2.19 bits per heavy atom. The minimum atomic E-state index is -0.178. The number of hydrogen-bond donors (Lipinski definition) is 0. The minimum absolute atomic E-state index is 0.175. The van der Waals surface area contributed by atoms with Crippen molar-refractivity contribution in [3.05, 3.63) is 41.3 Å². The quantitative estimate of drug-likeness (QED) is 0.655.